The molecule has 0 heterocycles. The second-order valence-corrected chi connectivity index (χ2v) is 22.8. The third-order valence-corrected chi connectivity index (χ3v) is 16.8. The van der Waals surface area contributed by atoms with Gasteiger partial charge in [-0.2, -0.15) is 0 Å². The van der Waals surface area contributed by atoms with Crippen molar-refractivity contribution in [2.24, 2.45) is 0 Å². The summed E-state index contributed by atoms with van der Waals surface area (Å²) in [6.45, 7) is 31.6. The van der Waals surface area contributed by atoms with Gasteiger partial charge in [0, 0.05) is 19.2 Å². The highest BCUT2D eigenvalue weighted by Crippen LogP contribution is 2.48. The molecule has 0 radical (unpaired) electrons. The smallest absolute Gasteiger partial charge is 0.259 e. The third-order valence-electron chi connectivity index (χ3n) is 14.7. The standard InChI is InChI=1S/C36H50N3O5P.C27H33NO4.C7H17NO2.CH4.HI/c1-10-38-35(26-43-45(42-25-24-37-7)39(27(2)3)28(4)5)29(6)44-36(30-14-12-11-13-15-30,31-16-20-33(40-8)21-17-31)32-18-22-34(41-9)23-19-32;1-5-28-26(19-29)20(2)32-27(21-9-7-6-8-10-21,22-11-15-24(30-3)16-12-22)23-13-17-25(31-4)18-14-23;1-4-8-7(5-10-3)6(2)9;;/h11-23,27-29,35,38H,10,24-26H2,1-6,8-9H3;6-18,20,26,28-29H,5,19H2,1-4H3;6-9H,4-5H2,1-3H3;1H4;1H. The molecule has 18 heteroatoms. The van der Waals surface area contributed by atoms with E-state index in [1.165, 1.54) is 0 Å². The summed E-state index contributed by atoms with van der Waals surface area (Å²) in [4.78, 5) is 3.47. The number of rotatable bonds is 35. The van der Waals surface area contributed by atoms with E-state index < -0.39 is 19.7 Å². The van der Waals surface area contributed by atoms with E-state index >= 15 is 0 Å². The lowest BCUT2D eigenvalue weighted by Crippen LogP contribution is -2.48. The van der Waals surface area contributed by atoms with E-state index in [4.69, 9.17) is 53.9 Å². The molecule has 0 bridgehead atoms. The highest BCUT2D eigenvalue weighted by Gasteiger charge is 2.43. The van der Waals surface area contributed by atoms with Gasteiger partial charge in [-0.05, 0) is 150 Å². The van der Waals surface area contributed by atoms with Gasteiger partial charge in [-0.3, -0.25) is 0 Å². The van der Waals surface area contributed by atoms with Gasteiger partial charge < -0.3 is 73.2 Å². The predicted octanol–water partition coefficient (Wildman–Crippen LogP) is 13.3. The molecule has 0 fully saturated rings. The maximum absolute atomic E-state index is 10.00. The van der Waals surface area contributed by atoms with Crippen molar-refractivity contribution in [3.63, 3.8) is 0 Å². The fourth-order valence-corrected chi connectivity index (χ4v) is 11.9. The minimum absolute atomic E-state index is 0. The van der Waals surface area contributed by atoms with Crippen LogP contribution in [-0.2, 0) is 34.5 Å². The van der Waals surface area contributed by atoms with E-state index in [0.717, 1.165) is 76.0 Å². The molecule has 0 saturated carbocycles. The van der Waals surface area contributed by atoms with Gasteiger partial charge in [-0.1, -0.05) is 137 Å². The zero-order valence-electron chi connectivity index (χ0n) is 54.6. The van der Waals surface area contributed by atoms with E-state index in [2.05, 4.69) is 116 Å². The van der Waals surface area contributed by atoms with Crippen LogP contribution < -0.4 is 34.9 Å². The third kappa shape index (κ3) is 23.1. The Hall–Kier alpha value is -5.27. The number of hydrogen-bond acceptors (Lipinski definition) is 15. The molecule has 492 valence electrons. The van der Waals surface area contributed by atoms with E-state index in [0.29, 0.717) is 26.4 Å². The number of nitrogens with one attached hydrogen (secondary N) is 3. The molecule has 16 nitrogen and oxygen atoms in total. The molecule has 7 unspecified atom stereocenters. The summed E-state index contributed by atoms with van der Waals surface area (Å²) in [5, 5.41) is 29.2. The molecule has 6 aromatic rings. The topological polar surface area (TPSA) is 167 Å². The van der Waals surface area contributed by atoms with Crippen molar-refractivity contribution in [1.82, 2.24) is 20.6 Å². The van der Waals surface area contributed by atoms with Crippen LogP contribution in [0.15, 0.2) is 158 Å². The molecule has 0 saturated heterocycles. The lowest BCUT2D eigenvalue weighted by molar-refractivity contribution is -0.0620. The summed E-state index contributed by atoms with van der Waals surface area (Å²) in [6.07, 6.45) is -0.940. The minimum atomic E-state index is -1.39. The summed E-state index contributed by atoms with van der Waals surface area (Å²) in [5.41, 5.74) is 4.02. The maximum atomic E-state index is 10.00. The number of aliphatic hydroxyl groups is 2. The zero-order chi connectivity index (χ0) is 63.8. The van der Waals surface area contributed by atoms with E-state index in [-0.39, 0.29) is 86.5 Å². The van der Waals surface area contributed by atoms with Crippen LogP contribution in [0, 0.1) is 6.57 Å². The number of nitrogens with zero attached hydrogens (tertiary/aromatic N) is 2. The van der Waals surface area contributed by atoms with Gasteiger partial charge >= 0.3 is 0 Å². The average molecular weight is 1360 g/mol. The average Bonchev–Trinajstić information content (AvgIpc) is 0.891. The molecule has 0 aliphatic carbocycles. The summed E-state index contributed by atoms with van der Waals surface area (Å²) in [6, 6.07) is 52.6. The van der Waals surface area contributed by atoms with Crippen LogP contribution in [0.4, 0.5) is 0 Å². The van der Waals surface area contributed by atoms with Crippen molar-refractivity contribution in [1.29, 1.82) is 0 Å². The molecule has 0 spiro atoms. The summed E-state index contributed by atoms with van der Waals surface area (Å²) in [5.74, 6) is 3.10. The predicted molar refractivity (Wildman–Crippen MR) is 373 cm³/mol. The minimum Gasteiger partial charge on any atom is -0.497 e. The SMILES string of the molecule is C.CCNC(CO)C(C)OC(c1ccccc1)(c1ccc(OC)cc1)c1ccc(OC)cc1.CCNC(COC)C(C)O.I.[C-]#[N+]CCOP(OCC(NCC)C(C)OC(c1ccccc1)(c1ccc(OC)cc1)c1ccc(OC)cc1)N(C(C)C)C(C)C. The fraction of sp³-hybridized carbons (Fsp3) is 0.479. The number of aliphatic hydroxyl groups excluding tert-OH is 2. The normalized spacial score (nSPS) is 13.7. The quantitative estimate of drug-likeness (QED) is 0.00838. The van der Waals surface area contributed by atoms with Gasteiger partial charge in [0.1, 0.15) is 40.8 Å². The molecule has 6 aromatic carbocycles. The van der Waals surface area contributed by atoms with Crippen LogP contribution in [0.5, 0.6) is 23.0 Å². The number of halogens is 1. The lowest BCUT2D eigenvalue weighted by Gasteiger charge is -2.41. The Morgan fingerprint density at radius 2 is 0.809 bits per heavy atom. The van der Waals surface area contributed by atoms with Gasteiger partial charge in [0.2, 0.25) is 6.54 Å². The largest absolute Gasteiger partial charge is 0.497 e. The molecule has 0 aliphatic rings. The first-order valence-electron chi connectivity index (χ1n) is 30.2. The first-order valence-corrected chi connectivity index (χ1v) is 31.4. The Morgan fingerprint density at radius 3 is 1.10 bits per heavy atom. The van der Waals surface area contributed by atoms with Crippen LogP contribution in [0.1, 0.15) is 110 Å². The van der Waals surface area contributed by atoms with Crippen LogP contribution in [0.2, 0.25) is 0 Å². The summed E-state index contributed by atoms with van der Waals surface area (Å²) < 4.78 is 56.0. The molecular weight excluding hydrogens is 1260 g/mol. The van der Waals surface area contributed by atoms with Crippen molar-refractivity contribution >= 4 is 32.5 Å². The lowest BCUT2D eigenvalue weighted by atomic mass is 9.79. The van der Waals surface area contributed by atoms with Gasteiger partial charge in [0.25, 0.3) is 8.53 Å². The summed E-state index contributed by atoms with van der Waals surface area (Å²) >= 11 is 0. The molecule has 0 amide bonds. The second-order valence-electron chi connectivity index (χ2n) is 21.3. The van der Waals surface area contributed by atoms with Crippen molar-refractivity contribution in [3.05, 3.63) is 203 Å². The first-order chi connectivity index (χ1) is 42.0. The van der Waals surface area contributed by atoms with E-state index in [9.17, 15) is 5.11 Å². The molecule has 89 heavy (non-hydrogen) atoms. The molecule has 6 rings (SSSR count). The highest BCUT2D eigenvalue weighted by atomic mass is 127. The highest BCUT2D eigenvalue weighted by molar-refractivity contribution is 14.0. The second kappa shape index (κ2) is 42.7. The van der Waals surface area contributed by atoms with Gasteiger partial charge in [0.05, 0.1) is 84.7 Å². The molecule has 0 aromatic heterocycles. The number of hydrogen-bond donors (Lipinski definition) is 5. The van der Waals surface area contributed by atoms with Crippen molar-refractivity contribution in [3.8, 4) is 23.0 Å². The summed E-state index contributed by atoms with van der Waals surface area (Å²) in [7, 11) is 6.89. The first kappa shape index (κ1) is 79.8. The Bertz CT molecular complexity index is 2690. The van der Waals surface area contributed by atoms with Crippen LogP contribution in [0.3, 0.4) is 0 Å². The van der Waals surface area contributed by atoms with E-state index in [1.54, 1.807) is 42.5 Å². The zero-order valence-corrected chi connectivity index (χ0v) is 57.8. The van der Waals surface area contributed by atoms with Crippen molar-refractivity contribution < 1.29 is 52.4 Å². The fourth-order valence-electron chi connectivity index (χ4n) is 10.3. The molecule has 7 atom stereocenters. The maximum Gasteiger partial charge on any atom is 0.259 e. The van der Waals surface area contributed by atoms with Crippen molar-refractivity contribution in [2.45, 2.75) is 136 Å². The Labute approximate surface area is 552 Å². The number of benzene rings is 6. The molecule has 0 aliphatic heterocycles. The van der Waals surface area contributed by atoms with E-state index in [1.807, 2.05) is 130 Å². The number of likely N-dealkylation sites (N-methyl/N-ethyl adjacent to an activating group) is 3. The Balaban J connectivity index is 0.000000534. The van der Waals surface area contributed by atoms with Gasteiger partial charge in [-0.25, -0.2) is 11.2 Å². The van der Waals surface area contributed by atoms with Gasteiger partial charge in [0.15, 0.2) is 0 Å². The molecule has 5 N–H and O–H groups in total. The Kier molecular flexibility index (Phi) is 38.3. The van der Waals surface area contributed by atoms with Crippen LogP contribution >= 0.6 is 32.5 Å². The van der Waals surface area contributed by atoms with Crippen LogP contribution in [0.25, 0.3) is 4.85 Å². The molecular formula is C71H105IN5O11P. The Morgan fingerprint density at radius 1 is 0.483 bits per heavy atom. The van der Waals surface area contributed by atoms with Gasteiger partial charge in [-0.15, -0.1) is 24.0 Å². The van der Waals surface area contributed by atoms with Crippen molar-refractivity contribution in [2.75, 3.05) is 88.2 Å². The number of ether oxygens (including phenoxy) is 7. The number of methoxy groups -OCH3 is 5. The van der Waals surface area contributed by atoms with Crippen LogP contribution in [-0.4, -0.2) is 152 Å². The monoisotopic (exact) mass is 1360 g/mol.